The molecule has 1 aliphatic carbocycles. The second-order valence-corrected chi connectivity index (χ2v) is 9.49. The number of anilines is 1. The lowest BCUT2D eigenvalue weighted by Crippen LogP contribution is -2.48. The van der Waals surface area contributed by atoms with E-state index in [0.717, 1.165) is 48.4 Å². The van der Waals surface area contributed by atoms with E-state index in [-0.39, 0.29) is 24.2 Å². The maximum Gasteiger partial charge on any atom is 0.317 e. The molecule has 8 heteroatoms. The summed E-state index contributed by atoms with van der Waals surface area (Å²) in [5.41, 5.74) is 2.98. The summed E-state index contributed by atoms with van der Waals surface area (Å²) in [5, 5.41) is 6.54. The lowest BCUT2D eigenvalue weighted by Gasteiger charge is -2.31. The van der Waals surface area contributed by atoms with Crippen LogP contribution in [-0.2, 0) is 19.5 Å². The third-order valence-electron chi connectivity index (χ3n) is 7.07. The van der Waals surface area contributed by atoms with Crippen molar-refractivity contribution in [1.82, 2.24) is 19.8 Å². The number of para-hydroxylation sites is 1. The average molecular weight is 488 g/mol. The summed E-state index contributed by atoms with van der Waals surface area (Å²) >= 11 is 0. The Balaban J connectivity index is 1.41. The van der Waals surface area contributed by atoms with Crippen molar-refractivity contribution in [3.05, 3.63) is 81.8 Å². The molecule has 0 atom stereocenters. The van der Waals surface area contributed by atoms with Gasteiger partial charge in [-0.05, 0) is 42.7 Å². The van der Waals surface area contributed by atoms with Crippen LogP contribution in [0.25, 0.3) is 5.69 Å². The van der Waals surface area contributed by atoms with Crippen LogP contribution < -0.4 is 20.9 Å². The average Bonchev–Trinajstić information content (AvgIpc) is 2.93. The highest BCUT2D eigenvalue weighted by molar-refractivity contribution is 5.75. The third kappa shape index (κ3) is 5.22. The number of amides is 2. The monoisotopic (exact) mass is 487 g/mol. The lowest BCUT2D eigenvalue weighted by atomic mass is 9.96. The van der Waals surface area contributed by atoms with Crippen LogP contribution in [-0.4, -0.2) is 40.2 Å². The molecule has 0 unspecified atom stereocenters. The van der Waals surface area contributed by atoms with Gasteiger partial charge in [0, 0.05) is 25.6 Å². The SMILES string of the molecule is COc1ccc(CNc2nc3c(c(=O)n2-c2ccccc2)CN(C(=O)NC2CCCCC2)CC3)cc1. The van der Waals surface area contributed by atoms with Gasteiger partial charge >= 0.3 is 6.03 Å². The van der Waals surface area contributed by atoms with E-state index in [0.29, 0.717) is 31.0 Å². The van der Waals surface area contributed by atoms with Gasteiger partial charge in [-0.25, -0.2) is 14.3 Å². The quantitative estimate of drug-likeness (QED) is 0.543. The molecule has 5 rings (SSSR count). The van der Waals surface area contributed by atoms with Crippen LogP contribution in [0.15, 0.2) is 59.4 Å². The summed E-state index contributed by atoms with van der Waals surface area (Å²) < 4.78 is 6.86. The van der Waals surface area contributed by atoms with E-state index < -0.39 is 0 Å². The van der Waals surface area contributed by atoms with E-state index in [4.69, 9.17) is 9.72 Å². The molecule has 0 saturated heterocycles. The Morgan fingerprint density at radius 1 is 1.06 bits per heavy atom. The van der Waals surface area contributed by atoms with E-state index in [1.54, 1.807) is 16.6 Å². The minimum absolute atomic E-state index is 0.0834. The van der Waals surface area contributed by atoms with E-state index in [1.807, 2.05) is 54.6 Å². The maximum absolute atomic E-state index is 13.8. The first-order valence-corrected chi connectivity index (χ1v) is 12.7. The summed E-state index contributed by atoms with van der Waals surface area (Å²) in [6, 6.07) is 17.4. The predicted octanol–water partition coefficient (Wildman–Crippen LogP) is 4.25. The fourth-order valence-corrected chi connectivity index (χ4v) is 5.02. The molecule has 1 aromatic heterocycles. The first-order valence-electron chi connectivity index (χ1n) is 12.7. The van der Waals surface area contributed by atoms with E-state index in [2.05, 4.69) is 10.6 Å². The fraction of sp³-hybridized carbons (Fsp3) is 0.393. The molecular formula is C28H33N5O3. The molecule has 2 N–H and O–H groups in total. The molecule has 36 heavy (non-hydrogen) atoms. The molecule has 2 heterocycles. The van der Waals surface area contributed by atoms with Crippen molar-refractivity contribution in [3.8, 4) is 11.4 Å². The van der Waals surface area contributed by atoms with Crippen molar-refractivity contribution in [2.45, 2.75) is 57.7 Å². The molecule has 8 nitrogen and oxygen atoms in total. The van der Waals surface area contributed by atoms with Crippen molar-refractivity contribution in [2.24, 2.45) is 0 Å². The Morgan fingerprint density at radius 2 is 1.81 bits per heavy atom. The largest absolute Gasteiger partial charge is 0.497 e. The fourth-order valence-electron chi connectivity index (χ4n) is 5.02. The van der Waals surface area contributed by atoms with Crippen LogP contribution in [0.1, 0.15) is 48.9 Å². The molecule has 1 fully saturated rings. The second kappa shape index (κ2) is 10.8. The Morgan fingerprint density at radius 3 is 2.53 bits per heavy atom. The van der Waals surface area contributed by atoms with Crippen LogP contribution in [0.5, 0.6) is 5.75 Å². The second-order valence-electron chi connectivity index (χ2n) is 9.49. The molecule has 3 aromatic rings. The Bertz CT molecular complexity index is 1250. The molecule has 2 aliphatic rings. The van der Waals surface area contributed by atoms with Gasteiger partial charge in [-0.3, -0.25) is 4.79 Å². The number of hydrogen-bond donors (Lipinski definition) is 2. The Hall–Kier alpha value is -3.81. The third-order valence-corrected chi connectivity index (χ3v) is 7.07. The summed E-state index contributed by atoms with van der Waals surface area (Å²) in [6.07, 6.45) is 6.17. The van der Waals surface area contributed by atoms with Crippen LogP contribution in [0, 0.1) is 0 Å². The van der Waals surface area contributed by atoms with E-state index in [1.165, 1.54) is 6.42 Å². The number of aromatic nitrogens is 2. The first-order chi connectivity index (χ1) is 17.6. The number of methoxy groups -OCH3 is 1. The van der Waals surface area contributed by atoms with Gasteiger partial charge in [0.15, 0.2) is 0 Å². The molecule has 2 aromatic carbocycles. The van der Waals surface area contributed by atoms with Crippen LogP contribution in [0.4, 0.5) is 10.7 Å². The number of nitrogens with one attached hydrogen (secondary N) is 2. The van der Waals surface area contributed by atoms with Crippen LogP contribution in [0.2, 0.25) is 0 Å². The zero-order valence-corrected chi connectivity index (χ0v) is 20.7. The molecule has 0 bridgehead atoms. The van der Waals surface area contributed by atoms with Gasteiger partial charge in [-0.1, -0.05) is 49.6 Å². The summed E-state index contributed by atoms with van der Waals surface area (Å²) in [5.74, 6) is 1.30. The van der Waals surface area contributed by atoms with Crippen LogP contribution >= 0.6 is 0 Å². The topological polar surface area (TPSA) is 88.5 Å². The molecule has 0 spiro atoms. The number of hydrogen-bond acceptors (Lipinski definition) is 5. The predicted molar refractivity (Wildman–Crippen MR) is 140 cm³/mol. The van der Waals surface area contributed by atoms with Crippen molar-refractivity contribution >= 4 is 12.0 Å². The van der Waals surface area contributed by atoms with Gasteiger partial charge in [-0.2, -0.15) is 0 Å². The minimum atomic E-state index is -0.140. The van der Waals surface area contributed by atoms with Gasteiger partial charge in [0.2, 0.25) is 5.95 Å². The molecule has 0 radical (unpaired) electrons. The van der Waals surface area contributed by atoms with Crippen molar-refractivity contribution in [1.29, 1.82) is 0 Å². The Labute approximate surface area is 211 Å². The van der Waals surface area contributed by atoms with Crippen molar-refractivity contribution in [2.75, 3.05) is 19.0 Å². The highest BCUT2D eigenvalue weighted by atomic mass is 16.5. The van der Waals surface area contributed by atoms with Gasteiger partial charge < -0.3 is 20.3 Å². The number of urea groups is 1. The molecule has 2 amide bonds. The van der Waals surface area contributed by atoms with Gasteiger partial charge in [-0.15, -0.1) is 0 Å². The molecule has 1 aliphatic heterocycles. The van der Waals surface area contributed by atoms with Crippen molar-refractivity contribution < 1.29 is 9.53 Å². The highest BCUT2D eigenvalue weighted by Crippen LogP contribution is 2.22. The number of ether oxygens (including phenoxy) is 1. The summed E-state index contributed by atoms with van der Waals surface area (Å²) in [4.78, 5) is 33.4. The lowest BCUT2D eigenvalue weighted by molar-refractivity contribution is 0.184. The summed E-state index contributed by atoms with van der Waals surface area (Å²) in [6.45, 7) is 1.33. The maximum atomic E-state index is 13.8. The molecular weight excluding hydrogens is 454 g/mol. The first kappa shape index (κ1) is 23.9. The standard InChI is InChI=1S/C28H33N5O3/c1-36-23-14-12-20(13-15-23)18-29-27-31-25-16-17-32(28(35)30-21-8-4-2-5-9-21)19-24(25)26(34)33(27)22-10-6-3-7-11-22/h3,6-7,10-15,21H,2,4-5,8-9,16-19H2,1H3,(H,29,31)(H,30,35). The normalized spacial score (nSPS) is 15.8. The molecule has 1 saturated carbocycles. The van der Waals surface area contributed by atoms with E-state index >= 15 is 0 Å². The smallest absolute Gasteiger partial charge is 0.317 e. The number of carbonyl (C=O) groups is 1. The number of fused-ring (bicyclic) bond motifs is 1. The summed E-state index contributed by atoms with van der Waals surface area (Å²) in [7, 11) is 1.64. The van der Waals surface area contributed by atoms with Crippen LogP contribution in [0.3, 0.4) is 0 Å². The number of nitrogens with zero attached hydrogens (tertiary/aromatic N) is 3. The van der Waals surface area contributed by atoms with Gasteiger partial charge in [0.1, 0.15) is 5.75 Å². The minimum Gasteiger partial charge on any atom is -0.497 e. The zero-order chi connectivity index (χ0) is 24.9. The Kier molecular flexibility index (Phi) is 7.21. The molecule has 188 valence electrons. The number of rotatable bonds is 6. The van der Waals surface area contributed by atoms with E-state index in [9.17, 15) is 9.59 Å². The number of benzene rings is 2. The zero-order valence-electron chi connectivity index (χ0n) is 20.7. The highest BCUT2D eigenvalue weighted by Gasteiger charge is 2.28. The van der Waals surface area contributed by atoms with Gasteiger partial charge in [0.25, 0.3) is 5.56 Å². The number of carbonyl (C=O) groups excluding carboxylic acids is 1. The van der Waals surface area contributed by atoms with Gasteiger partial charge in [0.05, 0.1) is 30.6 Å². The van der Waals surface area contributed by atoms with Crippen molar-refractivity contribution in [3.63, 3.8) is 0 Å².